The third kappa shape index (κ3) is 6.17. The molecule has 1 aliphatic rings. The van der Waals surface area contributed by atoms with Gasteiger partial charge in [0.1, 0.15) is 5.75 Å². The van der Waals surface area contributed by atoms with Gasteiger partial charge >= 0.3 is 0 Å². The minimum absolute atomic E-state index is 0.140. The molecule has 0 saturated carbocycles. The van der Waals surface area contributed by atoms with Crippen molar-refractivity contribution in [3.8, 4) is 5.75 Å². The fourth-order valence-electron chi connectivity index (χ4n) is 2.92. The van der Waals surface area contributed by atoms with E-state index in [0.29, 0.717) is 5.56 Å². The highest BCUT2D eigenvalue weighted by atomic mass is 32.1. The highest BCUT2D eigenvalue weighted by Gasteiger charge is 2.12. The second kappa shape index (κ2) is 10.2. The number of amides is 1. The largest absolute Gasteiger partial charge is 0.491 e. The maximum Gasteiger partial charge on any atom is 0.257 e. The van der Waals surface area contributed by atoms with Crippen LogP contribution in [0.5, 0.6) is 5.75 Å². The van der Waals surface area contributed by atoms with E-state index in [9.17, 15) is 4.79 Å². The van der Waals surface area contributed by atoms with E-state index in [2.05, 4.69) is 22.5 Å². The number of hydrogen-bond acceptors (Lipinski definition) is 5. The molecule has 154 valence electrons. The molecule has 0 aromatic heterocycles. The van der Waals surface area contributed by atoms with Gasteiger partial charge in [-0.2, -0.15) is 0 Å². The molecule has 0 bridgehead atoms. The molecule has 2 aromatic rings. The number of nitrogens with zero attached hydrogens (tertiary/aromatic N) is 1. The molecule has 2 N–H and O–H groups in total. The van der Waals surface area contributed by atoms with Gasteiger partial charge in [-0.1, -0.05) is 6.92 Å². The zero-order valence-electron chi connectivity index (χ0n) is 16.8. The molecule has 1 aliphatic heterocycles. The molecule has 1 fully saturated rings. The Morgan fingerprint density at radius 2 is 1.79 bits per heavy atom. The number of thiocarbonyl (C=S) groups is 1. The van der Waals surface area contributed by atoms with Crippen LogP contribution in [-0.4, -0.2) is 43.4 Å². The van der Waals surface area contributed by atoms with Crippen molar-refractivity contribution in [3.05, 3.63) is 54.1 Å². The van der Waals surface area contributed by atoms with Crippen LogP contribution in [0.15, 0.2) is 48.5 Å². The van der Waals surface area contributed by atoms with Gasteiger partial charge in [-0.3, -0.25) is 10.1 Å². The summed E-state index contributed by atoms with van der Waals surface area (Å²) in [5, 5.41) is 6.02. The number of hydrogen-bond donors (Lipinski definition) is 2. The summed E-state index contributed by atoms with van der Waals surface area (Å²) in [7, 11) is 0. The first-order chi connectivity index (χ1) is 14.0. The van der Waals surface area contributed by atoms with E-state index in [1.54, 1.807) is 24.3 Å². The lowest BCUT2D eigenvalue weighted by Crippen LogP contribution is -2.36. The zero-order chi connectivity index (χ0) is 20.6. The number of rotatable bonds is 6. The second-order valence-electron chi connectivity index (χ2n) is 6.92. The Bertz CT molecular complexity index is 818. The molecular weight excluding hydrogens is 386 g/mol. The van der Waals surface area contributed by atoms with Gasteiger partial charge in [-0.25, -0.2) is 0 Å². The monoisotopic (exact) mass is 413 g/mol. The number of ether oxygens (including phenoxy) is 2. The lowest BCUT2D eigenvalue weighted by Gasteiger charge is -2.28. The average molecular weight is 414 g/mol. The maximum atomic E-state index is 12.4. The Hall–Kier alpha value is -2.64. The molecule has 1 amide bonds. The number of carbonyl (C=O) groups excluding carboxylic acids is 1. The Morgan fingerprint density at radius 1 is 1.14 bits per heavy atom. The standard InChI is InChI=1S/C22H27N3O3S/c1-3-16(2)28-20-10-4-17(5-11-20)21(26)24-22(29)23-18-6-8-19(9-7-18)25-12-14-27-15-13-25/h4-11,16H,3,12-15H2,1-2H3,(H2,23,24,26,29)/t16-/m0/s1. The average Bonchev–Trinajstić information content (AvgIpc) is 2.75. The van der Waals surface area contributed by atoms with Gasteiger partial charge in [0, 0.05) is 30.0 Å². The van der Waals surface area contributed by atoms with Crippen molar-refractivity contribution in [3.63, 3.8) is 0 Å². The number of carbonyl (C=O) groups is 1. The first kappa shape index (κ1) is 21.1. The lowest BCUT2D eigenvalue weighted by molar-refractivity contribution is 0.0977. The molecule has 6 nitrogen and oxygen atoms in total. The van der Waals surface area contributed by atoms with E-state index in [1.807, 2.05) is 31.2 Å². The summed E-state index contributed by atoms with van der Waals surface area (Å²) in [6.07, 6.45) is 1.07. The van der Waals surface area contributed by atoms with E-state index in [-0.39, 0.29) is 17.1 Å². The quantitative estimate of drug-likeness (QED) is 0.702. The predicted octanol–water partition coefficient (Wildman–Crippen LogP) is 3.83. The van der Waals surface area contributed by atoms with Gasteiger partial charge in [0.15, 0.2) is 5.11 Å². The highest BCUT2D eigenvalue weighted by molar-refractivity contribution is 7.80. The van der Waals surface area contributed by atoms with Crippen LogP contribution in [0.2, 0.25) is 0 Å². The van der Waals surface area contributed by atoms with E-state index in [0.717, 1.165) is 49.8 Å². The first-order valence-electron chi connectivity index (χ1n) is 9.87. The topological polar surface area (TPSA) is 62.8 Å². The molecule has 0 radical (unpaired) electrons. The van der Waals surface area contributed by atoms with Crippen molar-refractivity contribution in [2.75, 3.05) is 36.5 Å². The van der Waals surface area contributed by atoms with Gasteiger partial charge in [0.05, 0.1) is 19.3 Å². The normalized spacial score (nSPS) is 14.8. The molecule has 1 atom stereocenters. The van der Waals surface area contributed by atoms with E-state index >= 15 is 0 Å². The van der Waals surface area contributed by atoms with Crippen LogP contribution in [0, 0.1) is 0 Å². The SMILES string of the molecule is CC[C@H](C)Oc1ccc(C(=O)NC(=S)Nc2ccc(N3CCOCC3)cc2)cc1. The zero-order valence-corrected chi connectivity index (χ0v) is 17.6. The van der Waals surface area contributed by atoms with Crippen molar-refractivity contribution in [2.45, 2.75) is 26.4 Å². The fraction of sp³-hybridized carbons (Fsp3) is 0.364. The Labute approximate surface area is 177 Å². The van der Waals surface area contributed by atoms with E-state index < -0.39 is 0 Å². The summed E-state index contributed by atoms with van der Waals surface area (Å²) in [5.41, 5.74) is 2.49. The number of benzene rings is 2. The van der Waals surface area contributed by atoms with Crippen LogP contribution in [0.1, 0.15) is 30.6 Å². The molecule has 7 heteroatoms. The molecule has 3 rings (SSSR count). The molecule has 29 heavy (non-hydrogen) atoms. The summed E-state index contributed by atoms with van der Waals surface area (Å²) < 4.78 is 11.1. The Morgan fingerprint density at radius 3 is 2.41 bits per heavy atom. The van der Waals surface area contributed by atoms with Crippen molar-refractivity contribution in [2.24, 2.45) is 0 Å². The van der Waals surface area contributed by atoms with Gasteiger partial charge < -0.3 is 19.7 Å². The van der Waals surface area contributed by atoms with Crippen molar-refractivity contribution >= 4 is 34.6 Å². The van der Waals surface area contributed by atoms with E-state index in [4.69, 9.17) is 21.7 Å². The van der Waals surface area contributed by atoms with Crippen LogP contribution in [0.3, 0.4) is 0 Å². The van der Waals surface area contributed by atoms with Crippen LogP contribution < -0.4 is 20.3 Å². The molecule has 0 spiro atoms. The first-order valence-corrected chi connectivity index (χ1v) is 10.3. The van der Waals surface area contributed by atoms with Gasteiger partial charge in [-0.15, -0.1) is 0 Å². The summed E-state index contributed by atoms with van der Waals surface area (Å²) in [4.78, 5) is 14.7. The second-order valence-corrected chi connectivity index (χ2v) is 7.32. The smallest absolute Gasteiger partial charge is 0.257 e. The highest BCUT2D eigenvalue weighted by Crippen LogP contribution is 2.19. The molecule has 0 aliphatic carbocycles. The van der Waals surface area contributed by atoms with Crippen LogP contribution in [0.4, 0.5) is 11.4 Å². The number of nitrogens with one attached hydrogen (secondary N) is 2. The van der Waals surface area contributed by atoms with Gasteiger partial charge in [-0.05, 0) is 74.1 Å². The Kier molecular flexibility index (Phi) is 7.43. The maximum absolute atomic E-state index is 12.4. The van der Waals surface area contributed by atoms with Crippen LogP contribution >= 0.6 is 12.2 Å². The van der Waals surface area contributed by atoms with Gasteiger partial charge in [0.2, 0.25) is 0 Å². The molecular formula is C22H27N3O3S. The predicted molar refractivity (Wildman–Crippen MR) is 120 cm³/mol. The third-order valence-electron chi connectivity index (χ3n) is 4.76. The van der Waals surface area contributed by atoms with Crippen molar-refractivity contribution in [1.29, 1.82) is 0 Å². The lowest BCUT2D eigenvalue weighted by atomic mass is 10.2. The van der Waals surface area contributed by atoms with Gasteiger partial charge in [0.25, 0.3) is 5.91 Å². The molecule has 1 saturated heterocycles. The molecule has 2 aromatic carbocycles. The number of morpholine rings is 1. The summed E-state index contributed by atoms with van der Waals surface area (Å²) in [5.74, 6) is 0.486. The minimum Gasteiger partial charge on any atom is -0.491 e. The Balaban J connectivity index is 1.51. The molecule has 1 heterocycles. The summed E-state index contributed by atoms with van der Waals surface area (Å²) in [6.45, 7) is 7.36. The van der Waals surface area contributed by atoms with Crippen molar-refractivity contribution < 1.29 is 14.3 Å². The van der Waals surface area contributed by atoms with Crippen LogP contribution in [-0.2, 0) is 4.74 Å². The summed E-state index contributed by atoms with van der Waals surface area (Å²) in [6, 6.07) is 15.0. The third-order valence-corrected chi connectivity index (χ3v) is 4.96. The fourth-order valence-corrected chi connectivity index (χ4v) is 3.13. The summed E-state index contributed by atoms with van der Waals surface area (Å²) >= 11 is 5.27. The minimum atomic E-state index is -0.262. The van der Waals surface area contributed by atoms with E-state index in [1.165, 1.54) is 0 Å². The molecule has 0 unspecified atom stereocenters. The van der Waals surface area contributed by atoms with Crippen LogP contribution in [0.25, 0.3) is 0 Å². The number of anilines is 2. The van der Waals surface area contributed by atoms with Crippen molar-refractivity contribution in [1.82, 2.24) is 5.32 Å².